The van der Waals surface area contributed by atoms with E-state index in [1.54, 1.807) is 31.5 Å². The third-order valence-corrected chi connectivity index (χ3v) is 4.61. The quantitative estimate of drug-likeness (QED) is 0.469. The second-order valence-electron chi connectivity index (χ2n) is 6.74. The molecular formula is C25H21N3O3. The number of nitrogens with zero attached hydrogens (tertiary/aromatic N) is 2. The molecule has 0 atom stereocenters. The summed E-state index contributed by atoms with van der Waals surface area (Å²) in [5.41, 5.74) is 2.36. The first-order chi connectivity index (χ1) is 15.2. The van der Waals surface area contributed by atoms with E-state index in [-0.39, 0.29) is 5.91 Å². The van der Waals surface area contributed by atoms with Gasteiger partial charge in [-0.1, -0.05) is 42.5 Å². The zero-order valence-electron chi connectivity index (χ0n) is 17.0. The molecule has 6 nitrogen and oxygen atoms in total. The van der Waals surface area contributed by atoms with Crippen LogP contribution in [0.15, 0.2) is 91.1 Å². The van der Waals surface area contributed by atoms with Gasteiger partial charge in [0, 0.05) is 29.9 Å². The van der Waals surface area contributed by atoms with E-state index in [9.17, 15) is 4.79 Å². The van der Waals surface area contributed by atoms with Crippen LogP contribution in [-0.4, -0.2) is 23.0 Å². The lowest BCUT2D eigenvalue weighted by molar-refractivity contribution is 0.0951. The lowest BCUT2D eigenvalue weighted by Gasteiger charge is -2.08. The molecule has 1 aromatic heterocycles. The molecule has 0 fully saturated rings. The Bertz CT molecular complexity index is 1140. The van der Waals surface area contributed by atoms with E-state index in [4.69, 9.17) is 9.47 Å². The van der Waals surface area contributed by atoms with E-state index in [1.807, 2.05) is 66.7 Å². The molecule has 4 rings (SSSR count). The number of para-hydroxylation sites is 1. The van der Waals surface area contributed by atoms with Crippen molar-refractivity contribution in [1.29, 1.82) is 0 Å². The number of hydrogen-bond donors (Lipinski definition) is 1. The summed E-state index contributed by atoms with van der Waals surface area (Å²) < 4.78 is 10.9. The lowest BCUT2D eigenvalue weighted by atomic mass is 10.1. The van der Waals surface area contributed by atoms with Gasteiger partial charge < -0.3 is 14.8 Å². The summed E-state index contributed by atoms with van der Waals surface area (Å²) >= 11 is 0. The second-order valence-corrected chi connectivity index (χ2v) is 6.74. The van der Waals surface area contributed by atoms with Gasteiger partial charge in [0.15, 0.2) is 5.82 Å². The van der Waals surface area contributed by atoms with Crippen LogP contribution in [0.25, 0.3) is 11.4 Å². The van der Waals surface area contributed by atoms with Crippen molar-refractivity contribution >= 4 is 5.91 Å². The molecule has 6 heteroatoms. The SMILES string of the molecule is COc1ccc(CNC(=O)c2ccc(-c3nccc(Oc4ccccc4)n3)cc2)cc1. The molecule has 1 heterocycles. The lowest BCUT2D eigenvalue weighted by Crippen LogP contribution is -2.22. The number of rotatable bonds is 7. The minimum atomic E-state index is -0.149. The van der Waals surface area contributed by atoms with Crippen molar-refractivity contribution in [2.75, 3.05) is 7.11 Å². The Labute approximate surface area is 180 Å². The highest BCUT2D eigenvalue weighted by atomic mass is 16.5. The number of methoxy groups -OCH3 is 1. The van der Waals surface area contributed by atoms with Crippen molar-refractivity contribution < 1.29 is 14.3 Å². The van der Waals surface area contributed by atoms with Crippen molar-refractivity contribution in [3.05, 3.63) is 102 Å². The molecule has 0 spiro atoms. The summed E-state index contributed by atoms with van der Waals surface area (Å²) in [5, 5.41) is 2.92. The van der Waals surface area contributed by atoms with E-state index < -0.39 is 0 Å². The molecule has 31 heavy (non-hydrogen) atoms. The predicted molar refractivity (Wildman–Crippen MR) is 118 cm³/mol. The van der Waals surface area contributed by atoms with Gasteiger partial charge in [0.25, 0.3) is 5.91 Å². The van der Waals surface area contributed by atoms with Crippen molar-refractivity contribution in [2.45, 2.75) is 6.54 Å². The van der Waals surface area contributed by atoms with Gasteiger partial charge in [-0.2, -0.15) is 4.98 Å². The average Bonchev–Trinajstić information content (AvgIpc) is 2.84. The number of carbonyl (C=O) groups excluding carboxylic acids is 1. The average molecular weight is 411 g/mol. The number of benzene rings is 3. The van der Waals surface area contributed by atoms with Crippen LogP contribution in [0.4, 0.5) is 0 Å². The van der Waals surface area contributed by atoms with Gasteiger partial charge in [0.05, 0.1) is 7.11 Å². The first kappa shape index (κ1) is 20.1. The summed E-state index contributed by atoms with van der Waals surface area (Å²) in [7, 11) is 1.62. The van der Waals surface area contributed by atoms with Crippen LogP contribution in [-0.2, 0) is 6.54 Å². The van der Waals surface area contributed by atoms with Crippen molar-refractivity contribution in [1.82, 2.24) is 15.3 Å². The Morgan fingerprint density at radius 1 is 0.871 bits per heavy atom. The standard InChI is InChI=1S/C25H21N3O3/c1-30-21-13-7-18(8-14-21)17-27-25(29)20-11-9-19(10-12-20)24-26-16-15-23(28-24)31-22-5-3-2-4-6-22/h2-16H,17H2,1H3,(H,27,29). The highest BCUT2D eigenvalue weighted by molar-refractivity contribution is 5.94. The summed E-state index contributed by atoms with van der Waals surface area (Å²) in [5.74, 6) is 2.32. The maximum atomic E-state index is 12.5. The smallest absolute Gasteiger partial charge is 0.251 e. The van der Waals surface area contributed by atoms with Crippen LogP contribution in [0.2, 0.25) is 0 Å². The first-order valence-corrected chi connectivity index (χ1v) is 9.79. The third kappa shape index (κ3) is 5.25. The maximum absolute atomic E-state index is 12.5. The Morgan fingerprint density at radius 3 is 2.32 bits per heavy atom. The van der Waals surface area contributed by atoms with E-state index >= 15 is 0 Å². The summed E-state index contributed by atoms with van der Waals surface area (Å²) in [6.45, 7) is 0.437. The van der Waals surface area contributed by atoms with Gasteiger partial charge in [-0.3, -0.25) is 4.79 Å². The van der Waals surface area contributed by atoms with Crippen LogP contribution < -0.4 is 14.8 Å². The maximum Gasteiger partial charge on any atom is 0.251 e. The van der Waals surface area contributed by atoms with Crippen molar-refractivity contribution in [3.8, 4) is 28.8 Å². The first-order valence-electron chi connectivity index (χ1n) is 9.79. The van der Waals surface area contributed by atoms with E-state index in [2.05, 4.69) is 15.3 Å². The summed E-state index contributed by atoms with van der Waals surface area (Å²) in [6, 6.07) is 25.9. The molecule has 154 valence electrons. The summed E-state index contributed by atoms with van der Waals surface area (Å²) in [4.78, 5) is 21.2. The third-order valence-electron chi connectivity index (χ3n) is 4.61. The number of amides is 1. The topological polar surface area (TPSA) is 73.3 Å². The van der Waals surface area contributed by atoms with Crippen LogP contribution in [0.3, 0.4) is 0 Å². The van der Waals surface area contributed by atoms with Gasteiger partial charge in [-0.05, 0) is 42.0 Å². The number of ether oxygens (including phenoxy) is 2. The Kier molecular flexibility index (Phi) is 6.18. The van der Waals surface area contributed by atoms with E-state index in [1.165, 1.54) is 0 Å². The van der Waals surface area contributed by atoms with E-state index in [0.29, 0.717) is 29.6 Å². The Morgan fingerprint density at radius 2 is 1.61 bits per heavy atom. The second kappa shape index (κ2) is 9.54. The Hall–Kier alpha value is -4.19. The van der Waals surface area contributed by atoms with Gasteiger partial charge in [0.1, 0.15) is 11.5 Å². The number of hydrogen-bond acceptors (Lipinski definition) is 5. The molecule has 1 N–H and O–H groups in total. The summed E-state index contributed by atoms with van der Waals surface area (Å²) in [6.07, 6.45) is 1.65. The highest BCUT2D eigenvalue weighted by Crippen LogP contribution is 2.22. The van der Waals surface area contributed by atoms with Gasteiger partial charge in [-0.25, -0.2) is 4.98 Å². The fourth-order valence-electron chi connectivity index (χ4n) is 2.95. The van der Waals surface area contributed by atoms with Crippen molar-refractivity contribution in [2.24, 2.45) is 0 Å². The molecule has 3 aromatic carbocycles. The van der Waals surface area contributed by atoms with Crippen LogP contribution in [0.5, 0.6) is 17.4 Å². The van der Waals surface area contributed by atoms with Crippen LogP contribution in [0, 0.1) is 0 Å². The Balaban J connectivity index is 1.40. The fraction of sp³-hybridized carbons (Fsp3) is 0.0800. The van der Waals surface area contributed by atoms with Crippen LogP contribution in [0.1, 0.15) is 15.9 Å². The molecule has 4 aromatic rings. The molecule has 0 saturated heterocycles. The number of carbonyl (C=O) groups is 1. The molecule has 0 unspecified atom stereocenters. The molecule has 0 bridgehead atoms. The normalized spacial score (nSPS) is 10.4. The molecule has 0 radical (unpaired) electrons. The molecule has 0 aliphatic heterocycles. The zero-order valence-corrected chi connectivity index (χ0v) is 17.0. The van der Waals surface area contributed by atoms with E-state index in [0.717, 1.165) is 16.9 Å². The highest BCUT2D eigenvalue weighted by Gasteiger charge is 2.08. The van der Waals surface area contributed by atoms with Gasteiger partial charge in [-0.15, -0.1) is 0 Å². The zero-order chi connectivity index (χ0) is 21.5. The van der Waals surface area contributed by atoms with Gasteiger partial charge in [0.2, 0.25) is 5.88 Å². The number of nitrogens with one attached hydrogen (secondary N) is 1. The number of aromatic nitrogens is 2. The predicted octanol–water partition coefficient (Wildman–Crippen LogP) is 4.87. The fourth-order valence-corrected chi connectivity index (χ4v) is 2.95. The minimum Gasteiger partial charge on any atom is -0.497 e. The molecule has 0 aliphatic rings. The molecule has 0 saturated carbocycles. The van der Waals surface area contributed by atoms with Crippen LogP contribution >= 0.6 is 0 Å². The monoisotopic (exact) mass is 411 g/mol. The minimum absolute atomic E-state index is 0.149. The molecule has 0 aliphatic carbocycles. The molecular weight excluding hydrogens is 390 g/mol. The largest absolute Gasteiger partial charge is 0.497 e. The van der Waals surface area contributed by atoms with Gasteiger partial charge >= 0.3 is 0 Å². The van der Waals surface area contributed by atoms with Crippen molar-refractivity contribution in [3.63, 3.8) is 0 Å². The molecule has 1 amide bonds.